The molecule has 0 amide bonds. The van der Waals surface area contributed by atoms with Gasteiger partial charge in [0.2, 0.25) is 0 Å². The lowest BCUT2D eigenvalue weighted by atomic mass is 10.2. The molecule has 7 heteroatoms. The predicted molar refractivity (Wildman–Crippen MR) is 70.6 cm³/mol. The molecule has 0 spiro atoms. The summed E-state index contributed by atoms with van der Waals surface area (Å²) in [5.74, 6) is 0.647. The molecule has 19 heavy (non-hydrogen) atoms. The van der Waals surface area contributed by atoms with E-state index in [0.717, 1.165) is 5.56 Å². The molecule has 0 unspecified atom stereocenters. The highest BCUT2D eigenvalue weighted by Crippen LogP contribution is 2.28. The summed E-state index contributed by atoms with van der Waals surface area (Å²) in [5.41, 5.74) is 0.780. The van der Waals surface area contributed by atoms with Gasteiger partial charge in [-0.25, -0.2) is 18.4 Å². The van der Waals surface area contributed by atoms with Crippen LogP contribution in [0.3, 0.4) is 0 Å². The van der Waals surface area contributed by atoms with E-state index in [4.69, 9.17) is 15.4 Å². The van der Waals surface area contributed by atoms with Crippen LogP contribution in [0.4, 0.5) is 0 Å². The molecule has 0 radical (unpaired) electrons. The zero-order valence-corrected chi connectivity index (χ0v) is 11.6. The molecular weight excluding hydrogens is 288 g/mol. The van der Waals surface area contributed by atoms with Gasteiger partial charge in [-0.3, -0.25) is 0 Å². The van der Waals surface area contributed by atoms with Crippen LogP contribution in [-0.2, 0) is 15.7 Å². The van der Waals surface area contributed by atoms with E-state index in [1.54, 1.807) is 37.5 Å². The van der Waals surface area contributed by atoms with Crippen LogP contribution in [0.2, 0.25) is 0 Å². The van der Waals surface area contributed by atoms with Crippen molar-refractivity contribution in [3.8, 4) is 5.75 Å². The van der Waals surface area contributed by atoms with Gasteiger partial charge in [0.05, 0.1) is 0 Å². The first-order valence-electron chi connectivity index (χ1n) is 5.41. The first-order valence-corrected chi connectivity index (χ1v) is 7.72. The number of aromatic nitrogens is 2. The van der Waals surface area contributed by atoms with Gasteiger partial charge in [0, 0.05) is 23.1 Å². The van der Waals surface area contributed by atoms with Gasteiger partial charge in [0.1, 0.15) is 17.3 Å². The standard InChI is InChI=1S/C12H11ClN2O3S/c1-9-3-4-10(11(7-9)19(13,16)17)18-8-12-14-5-2-6-15-12/h2-7H,8H2,1H3. The van der Waals surface area contributed by atoms with Crippen molar-refractivity contribution in [1.29, 1.82) is 0 Å². The average Bonchev–Trinajstić information content (AvgIpc) is 2.37. The topological polar surface area (TPSA) is 69.2 Å². The lowest BCUT2D eigenvalue weighted by molar-refractivity contribution is 0.288. The van der Waals surface area contributed by atoms with Crippen LogP contribution in [0.1, 0.15) is 11.4 Å². The van der Waals surface area contributed by atoms with Gasteiger partial charge in [-0.05, 0) is 30.7 Å². The number of nitrogens with zero attached hydrogens (tertiary/aromatic N) is 2. The number of ether oxygens (including phenoxy) is 1. The Morgan fingerprint density at radius 3 is 2.58 bits per heavy atom. The van der Waals surface area contributed by atoms with E-state index in [1.165, 1.54) is 6.07 Å². The largest absolute Gasteiger partial charge is 0.484 e. The average molecular weight is 299 g/mol. The summed E-state index contributed by atoms with van der Waals surface area (Å²) in [4.78, 5) is 7.92. The van der Waals surface area contributed by atoms with Gasteiger partial charge in [-0.15, -0.1) is 0 Å². The van der Waals surface area contributed by atoms with Gasteiger partial charge in [-0.1, -0.05) is 6.07 Å². The Balaban J connectivity index is 2.26. The van der Waals surface area contributed by atoms with Crippen molar-refractivity contribution >= 4 is 19.7 Å². The van der Waals surface area contributed by atoms with E-state index in [0.29, 0.717) is 5.82 Å². The minimum absolute atomic E-state index is 0.0508. The van der Waals surface area contributed by atoms with E-state index < -0.39 is 9.05 Å². The first-order chi connectivity index (χ1) is 8.97. The maximum Gasteiger partial charge on any atom is 0.264 e. The van der Waals surface area contributed by atoms with E-state index in [9.17, 15) is 8.42 Å². The van der Waals surface area contributed by atoms with Gasteiger partial charge >= 0.3 is 0 Å². The minimum Gasteiger partial charge on any atom is -0.484 e. The Bertz CT molecular complexity index is 675. The van der Waals surface area contributed by atoms with Crippen molar-refractivity contribution in [2.75, 3.05) is 0 Å². The monoisotopic (exact) mass is 298 g/mol. The van der Waals surface area contributed by atoms with E-state index in [2.05, 4.69) is 9.97 Å². The molecule has 5 nitrogen and oxygen atoms in total. The molecular formula is C12H11ClN2O3S. The van der Waals surface area contributed by atoms with Gasteiger partial charge in [0.15, 0.2) is 5.82 Å². The molecule has 1 heterocycles. The lowest BCUT2D eigenvalue weighted by Gasteiger charge is -2.09. The fourth-order valence-electron chi connectivity index (χ4n) is 1.47. The van der Waals surface area contributed by atoms with Crippen molar-refractivity contribution in [1.82, 2.24) is 9.97 Å². The summed E-state index contributed by atoms with van der Waals surface area (Å²) in [6.45, 7) is 1.85. The molecule has 0 bridgehead atoms. The summed E-state index contributed by atoms with van der Waals surface area (Å²) >= 11 is 0. The second-order valence-electron chi connectivity index (χ2n) is 3.84. The fourth-order valence-corrected chi connectivity index (χ4v) is 2.53. The number of halogens is 1. The molecule has 100 valence electrons. The molecule has 0 saturated heterocycles. The SMILES string of the molecule is Cc1ccc(OCc2ncccn2)c(S(=O)(=O)Cl)c1. The number of rotatable bonds is 4. The molecule has 0 aliphatic rings. The molecule has 0 N–H and O–H groups in total. The maximum absolute atomic E-state index is 11.5. The Morgan fingerprint density at radius 1 is 1.26 bits per heavy atom. The Morgan fingerprint density at radius 2 is 1.95 bits per heavy atom. The molecule has 1 aromatic heterocycles. The van der Waals surface area contributed by atoms with Crippen LogP contribution >= 0.6 is 10.7 Å². The highest BCUT2D eigenvalue weighted by molar-refractivity contribution is 8.13. The van der Waals surface area contributed by atoms with Crippen LogP contribution in [0.5, 0.6) is 5.75 Å². The third kappa shape index (κ3) is 3.65. The smallest absolute Gasteiger partial charge is 0.264 e. The van der Waals surface area contributed by atoms with E-state index >= 15 is 0 Å². The maximum atomic E-state index is 11.5. The molecule has 0 atom stereocenters. The Labute approximate surface area is 115 Å². The molecule has 2 rings (SSSR count). The Hall–Kier alpha value is -1.66. The number of benzene rings is 1. The first kappa shape index (κ1) is 13.8. The minimum atomic E-state index is -3.85. The van der Waals surface area contributed by atoms with Crippen molar-refractivity contribution in [3.05, 3.63) is 48.0 Å². The van der Waals surface area contributed by atoms with Crippen molar-refractivity contribution in [2.45, 2.75) is 18.4 Å². The predicted octanol–water partition coefficient (Wildman–Crippen LogP) is 2.29. The molecule has 0 saturated carbocycles. The number of hydrogen-bond donors (Lipinski definition) is 0. The summed E-state index contributed by atoms with van der Waals surface area (Å²) in [6.07, 6.45) is 3.17. The molecule has 0 aliphatic heterocycles. The van der Waals surface area contributed by atoms with Crippen LogP contribution < -0.4 is 4.74 Å². The van der Waals surface area contributed by atoms with Crippen LogP contribution in [-0.4, -0.2) is 18.4 Å². The normalized spacial score (nSPS) is 11.3. The summed E-state index contributed by atoms with van der Waals surface area (Å²) in [6, 6.07) is 6.45. The lowest BCUT2D eigenvalue weighted by Crippen LogP contribution is -2.03. The number of hydrogen-bond acceptors (Lipinski definition) is 5. The quantitative estimate of drug-likeness (QED) is 0.810. The highest BCUT2D eigenvalue weighted by Gasteiger charge is 2.17. The van der Waals surface area contributed by atoms with Crippen molar-refractivity contribution < 1.29 is 13.2 Å². The van der Waals surface area contributed by atoms with Crippen LogP contribution in [0.25, 0.3) is 0 Å². The van der Waals surface area contributed by atoms with E-state index in [-0.39, 0.29) is 17.3 Å². The van der Waals surface area contributed by atoms with Crippen molar-refractivity contribution in [3.63, 3.8) is 0 Å². The second kappa shape index (κ2) is 5.54. The Kier molecular flexibility index (Phi) is 4.01. The third-order valence-corrected chi connectivity index (χ3v) is 3.68. The highest BCUT2D eigenvalue weighted by atomic mass is 35.7. The van der Waals surface area contributed by atoms with Gasteiger partial charge < -0.3 is 4.74 Å². The molecule has 1 aromatic carbocycles. The van der Waals surface area contributed by atoms with Crippen LogP contribution in [0.15, 0.2) is 41.6 Å². The zero-order chi connectivity index (χ0) is 13.9. The molecule has 0 fully saturated rings. The summed E-state index contributed by atoms with van der Waals surface area (Å²) < 4.78 is 28.4. The summed E-state index contributed by atoms with van der Waals surface area (Å²) in [5, 5.41) is 0. The summed E-state index contributed by atoms with van der Waals surface area (Å²) in [7, 11) is 1.52. The molecule has 0 aliphatic carbocycles. The van der Waals surface area contributed by atoms with Gasteiger partial charge in [-0.2, -0.15) is 0 Å². The third-order valence-electron chi connectivity index (χ3n) is 2.34. The van der Waals surface area contributed by atoms with E-state index in [1.807, 2.05) is 0 Å². The zero-order valence-electron chi connectivity index (χ0n) is 10.1. The fraction of sp³-hybridized carbons (Fsp3) is 0.167. The number of aryl methyl sites for hydroxylation is 1. The van der Waals surface area contributed by atoms with Crippen LogP contribution in [0, 0.1) is 6.92 Å². The van der Waals surface area contributed by atoms with Crippen molar-refractivity contribution in [2.24, 2.45) is 0 Å². The molecule has 2 aromatic rings. The second-order valence-corrected chi connectivity index (χ2v) is 6.38. The van der Waals surface area contributed by atoms with Gasteiger partial charge in [0.25, 0.3) is 9.05 Å².